The van der Waals surface area contributed by atoms with Gasteiger partial charge in [0, 0.05) is 78.7 Å². The first-order valence-electron chi connectivity index (χ1n) is 33.3. The van der Waals surface area contributed by atoms with Gasteiger partial charge in [0.05, 0.1) is 50.0 Å². The quantitative estimate of drug-likeness (QED) is 0.00701. The van der Waals surface area contributed by atoms with Gasteiger partial charge in [0.15, 0.2) is 6.23 Å². The lowest BCUT2D eigenvalue weighted by Crippen LogP contribution is -2.40. The van der Waals surface area contributed by atoms with Crippen LogP contribution in [0.3, 0.4) is 0 Å². The molecule has 0 spiro atoms. The van der Waals surface area contributed by atoms with E-state index >= 15 is 0 Å². The summed E-state index contributed by atoms with van der Waals surface area (Å²) in [7, 11) is -21.5. The molecule has 34 nitrogen and oxygen atoms in total. The van der Waals surface area contributed by atoms with E-state index in [1.807, 2.05) is 19.9 Å². The Balaban J connectivity index is 0.724. The Morgan fingerprint density at radius 2 is 1.58 bits per heavy atom. The fraction of sp³-hybridized carbons (Fsp3) is 0.426. The number of ether oxygens (including phenoxy) is 6. The van der Waals surface area contributed by atoms with Gasteiger partial charge in [0.25, 0.3) is 21.6 Å². The number of aliphatic imine (C=N–C) groups is 2. The van der Waals surface area contributed by atoms with Gasteiger partial charge in [-0.3, -0.25) is 47.8 Å². The molecule has 1 saturated heterocycles. The predicted molar refractivity (Wildman–Crippen MR) is 387 cm³/mol. The second-order valence-corrected chi connectivity index (χ2v) is 31.2. The summed E-state index contributed by atoms with van der Waals surface area (Å²) < 4.78 is 117. The van der Waals surface area contributed by atoms with E-state index in [0.29, 0.717) is 43.9 Å². The standard InChI is InChI=1S/C68H86N9O25P3S/c1-67(2)52-19-9-10-20-54(52)76(34-15-35-95-49-26-24-48(78)25-27-49)58(67)21-13-22-59-68(3,4)53-39-51(106(91,92)93)28-29-55(53)75(59)33-11-7-8-23-60(79)72-31-32-73-64(81)46-16-12-18-50(38-46)97-44-62(70-6)96-37-36-94-43-61(80)71-30-14-17-47-41-77(66(83)74-65(47)82)63-40-56(98-45-69-5)57(100-63)42-99-104(87,88)102-105(89,90)101-103(84,85)86/h9-10,12-13,16,18-22,24-29,38-39,41,56-58,62-63,78H,5-8,11,15,23,30-37,40,42-45H2,1-4H3,(H,71,80)(H,72,79)(H,73,81)(H,87,88)(H,89,90)(H,74,82,83)(H2,84,85,86)(H,91,92,93). The zero-order chi connectivity index (χ0) is 77.0. The van der Waals surface area contributed by atoms with Crippen molar-refractivity contribution in [3.63, 3.8) is 0 Å². The maximum Gasteiger partial charge on any atom is 0.490 e. The fourth-order valence-corrected chi connectivity index (χ4v) is 15.6. The zero-order valence-corrected chi connectivity index (χ0v) is 61.9. The van der Waals surface area contributed by atoms with Crippen LogP contribution in [0.1, 0.15) is 99.5 Å². The van der Waals surface area contributed by atoms with Gasteiger partial charge < -0.3 is 78.9 Å². The largest absolute Gasteiger partial charge is 0.508 e. The lowest BCUT2D eigenvalue weighted by Gasteiger charge is -2.32. The Bertz CT molecular complexity index is 4480. The van der Waals surface area contributed by atoms with E-state index in [0.717, 1.165) is 46.4 Å². The number of amides is 3. The van der Waals surface area contributed by atoms with Crippen molar-refractivity contribution in [2.75, 3.05) is 88.9 Å². The minimum Gasteiger partial charge on any atom is -0.508 e. The van der Waals surface area contributed by atoms with Crippen LogP contribution in [0.15, 0.2) is 146 Å². The number of carbonyl (C=O) groups excluding carboxylic acids is 3. The van der Waals surface area contributed by atoms with Crippen molar-refractivity contribution in [2.24, 2.45) is 9.98 Å². The van der Waals surface area contributed by atoms with E-state index in [9.17, 15) is 65.5 Å². The monoisotopic (exact) mass is 1550 g/mol. The van der Waals surface area contributed by atoms with Gasteiger partial charge in [-0.15, -0.1) is 0 Å². The SMILES string of the molecule is C=NCOC1CC(n2cc(C#CCNC(=O)COCCOC(COc3cccc(C(=O)NCCNC(=O)CCCCCN4C(=CC=CC5N(CCCOc6ccc(O)cc6)c6ccccc6C5(C)C)C(C)(C)c5cc(S(=O)(=O)O)ccc54)c3)N=C)c(=O)[nH]c2=O)OC1COP(=O)(O)OP(=O)(O)OP(=O)(O)O. The van der Waals surface area contributed by atoms with Crippen LogP contribution < -0.4 is 46.5 Å². The molecule has 1 fully saturated rings. The number of aromatic nitrogens is 2. The second kappa shape index (κ2) is 37.4. The van der Waals surface area contributed by atoms with Crippen LogP contribution >= 0.6 is 23.5 Å². The number of carbonyl (C=O) groups is 3. The number of para-hydroxylation sites is 1. The molecule has 3 aliphatic heterocycles. The molecule has 8 rings (SSSR count). The molecule has 3 aliphatic rings. The number of anilines is 2. The number of hydrogen-bond donors (Lipinski definition) is 10. The molecule has 4 aromatic carbocycles. The van der Waals surface area contributed by atoms with Crippen molar-refractivity contribution in [1.82, 2.24) is 25.5 Å². The summed E-state index contributed by atoms with van der Waals surface area (Å²) in [5.74, 6) is 5.09. The molecule has 7 unspecified atom stereocenters. The number of phenols is 1. The number of rotatable bonds is 40. The molecular weight excluding hydrogens is 1470 g/mol. The summed E-state index contributed by atoms with van der Waals surface area (Å²) in [5.41, 5.74) is 2.16. The number of unbranched alkanes of at least 4 members (excludes halogenated alkanes) is 2. The first kappa shape index (κ1) is 83.2. The number of hydrogen-bond acceptors (Lipinski definition) is 24. The number of fused-ring (bicyclic) bond motifs is 2. The lowest BCUT2D eigenvalue weighted by molar-refractivity contribution is -0.126. The van der Waals surface area contributed by atoms with Crippen LogP contribution in [0, 0.1) is 11.8 Å². The first-order chi connectivity index (χ1) is 50.2. The van der Waals surface area contributed by atoms with Crippen LogP contribution in [-0.2, 0) is 76.3 Å². The molecule has 106 heavy (non-hydrogen) atoms. The number of aromatic hydroxyl groups is 1. The summed E-state index contributed by atoms with van der Waals surface area (Å²) in [5, 5.41) is 17.8. The number of nitrogens with one attached hydrogen (secondary N) is 4. The Morgan fingerprint density at radius 1 is 0.821 bits per heavy atom. The highest BCUT2D eigenvalue weighted by molar-refractivity contribution is 7.85. The highest BCUT2D eigenvalue weighted by Gasteiger charge is 2.46. The number of phosphoric ester groups is 1. The minimum atomic E-state index is -5.83. The topological polar surface area (TPSA) is 463 Å². The average molecular weight is 1550 g/mol. The van der Waals surface area contributed by atoms with E-state index in [4.69, 9.17) is 38.2 Å². The van der Waals surface area contributed by atoms with E-state index < -0.39 is 99.9 Å². The van der Waals surface area contributed by atoms with Gasteiger partial charge in [0.1, 0.15) is 55.1 Å². The molecule has 3 amide bonds. The molecule has 574 valence electrons. The summed E-state index contributed by atoms with van der Waals surface area (Å²) in [6, 6.07) is 26.1. The Hall–Kier alpha value is -8.49. The predicted octanol–water partition coefficient (Wildman–Crippen LogP) is 6.05. The minimum absolute atomic E-state index is 0.0195. The van der Waals surface area contributed by atoms with Crippen LogP contribution in [0.4, 0.5) is 11.4 Å². The number of phosphoric acid groups is 3. The Morgan fingerprint density at radius 3 is 2.31 bits per heavy atom. The van der Waals surface area contributed by atoms with Crippen LogP contribution in [-0.4, -0.2) is 182 Å². The van der Waals surface area contributed by atoms with Gasteiger partial charge in [0.2, 0.25) is 11.8 Å². The maximum absolute atomic E-state index is 13.1. The molecule has 5 aromatic rings. The molecule has 0 radical (unpaired) electrons. The summed E-state index contributed by atoms with van der Waals surface area (Å²) >= 11 is 0. The number of nitrogens with zero attached hydrogens (tertiary/aromatic N) is 5. The van der Waals surface area contributed by atoms with Gasteiger partial charge in [-0.1, -0.05) is 82.4 Å². The normalized spacial score (nSPS) is 19.1. The van der Waals surface area contributed by atoms with Crippen molar-refractivity contribution >= 4 is 76.1 Å². The Labute approximate surface area is 611 Å². The number of benzene rings is 4. The molecule has 1 aromatic heterocycles. The zero-order valence-electron chi connectivity index (χ0n) is 58.4. The Kier molecular flexibility index (Phi) is 29.3. The number of H-pyrrole nitrogens is 1. The van der Waals surface area contributed by atoms with Crippen molar-refractivity contribution < 1.29 is 107 Å². The number of allylic oxidation sites excluding steroid dienone is 3. The van der Waals surface area contributed by atoms with Crippen molar-refractivity contribution in [2.45, 2.75) is 113 Å². The van der Waals surface area contributed by atoms with Gasteiger partial charge in [-0.05, 0) is 117 Å². The van der Waals surface area contributed by atoms with E-state index in [1.165, 1.54) is 23.8 Å². The molecule has 0 saturated carbocycles. The van der Waals surface area contributed by atoms with Gasteiger partial charge >= 0.3 is 29.2 Å². The summed E-state index contributed by atoms with van der Waals surface area (Å²) in [6.07, 6.45) is 5.72. The van der Waals surface area contributed by atoms with Crippen LogP contribution in [0.25, 0.3) is 0 Å². The molecule has 38 heteroatoms. The van der Waals surface area contributed by atoms with Gasteiger partial charge in [-0.25, -0.2) is 18.5 Å². The molecule has 0 bridgehead atoms. The van der Waals surface area contributed by atoms with E-state index in [2.05, 4.69) is 129 Å². The van der Waals surface area contributed by atoms with Gasteiger partial charge in [-0.2, -0.15) is 17.0 Å². The molecule has 10 N–H and O–H groups in total. The highest BCUT2D eigenvalue weighted by Crippen LogP contribution is 2.66. The maximum atomic E-state index is 13.1. The second-order valence-electron chi connectivity index (χ2n) is 25.4. The van der Waals surface area contributed by atoms with E-state index in [1.54, 1.807) is 48.5 Å². The highest BCUT2D eigenvalue weighted by atomic mass is 32.2. The fourth-order valence-electron chi connectivity index (χ4n) is 12.0. The molecule has 7 atom stereocenters. The number of phenolic OH excluding ortho intramolecular Hbond substituents is 1. The molecule has 0 aliphatic carbocycles. The smallest absolute Gasteiger partial charge is 0.490 e. The van der Waals surface area contributed by atoms with Crippen LogP contribution in [0.5, 0.6) is 17.2 Å². The van der Waals surface area contributed by atoms with Crippen molar-refractivity contribution in [3.8, 4) is 29.1 Å². The lowest BCUT2D eigenvalue weighted by atomic mass is 9.80. The van der Waals surface area contributed by atoms with Crippen molar-refractivity contribution in [1.29, 1.82) is 0 Å². The first-order valence-corrected chi connectivity index (χ1v) is 39.2. The third-order valence-corrected chi connectivity index (χ3v) is 21.7. The summed E-state index contributed by atoms with van der Waals surface area (Å²) in [4.78, 5) is 115. The molecule has 4 heterocycles. The van der Waals surface area contributed by atoms with E-state index in [-0.39, 0.29) is 98.2 Å². The van der Waals surface area contributed by atoms with Crippen LogP contribution in [0.2, 0.25) is 0 Å². The van der Waals surface area contributed by atoms with Crippen molar-refractivity contribution in [3.05, 3.63) is 164 Å². The average Bonchev–Trinajstić information content (AvgIpc) is 1.59. The third kappa shape index (κ3) is 23.8. The number of aromatic amines is 1. The molecular formula is C68H86N9O25P3S. The summed E-state index contributed by atoms with van der Waals surface area (Å²) in [6.45, 7) is 15.3. The third-order valence-electron chi connectivity index (χ3n) is 17.1.